The van der Waals surface area contributed by atoms with Crippen LogP contribution in [-0.4, -0.2) is 35.2 Å². The highest BCUT2D eigenvalue weighted by molar-refractivity contribution is 5.93. The van der Waals surface area contributed by atoms with Crippen molar-refractivity contribution in [3.63, 3.8) is 0 Å². The lowest BCUT2D eigenvalue weighted by Gasteiger charge is -2.32. The molecule has 2 aliphatic rings. The van der Waals surface area contributed by atoms with Crippen molar-refractivity contribution in [2.24, 2.45) is 5.92 Å². The maximum atomic E-state index is 12.8. The summed E-state index contributed by atoms with van der Waals surface area (Å²) in [5.41, 5.74) is 2.18. The van der Waals surface area contributed by atoms with Gasteiger partial charge >= 0.3 is 6.18 Å². The van der Waals surface area contributed by atoms with E-state index in [0.29, 0.717) is 38.2 Å². The van der Waals surface area contributed by atoms with Crippen LogP contribution >= 0.6 is 0 Å². The standard InChI is InChI=1S/C22H24F3N3O2/c23-22(24,25)16-5-7-20(26-13-16)28-10-8-15(9-11-28)21(30)27-19-3-1-2-14-4-6-17(29)12-18(14)19/h1-3,5,7,13,15,17,29H,4,6,8-12H2,(H,27,30)/t17-/m1/s1. The number of rotatable bonds is 3. The van der Waals surface area contributed by atoms with E-state index in [4.69, 9.17) is 0 Å². The van der Waals surface area contributed by atoms with Gasteiger partial charge in [-0.2, -0.15) is 13.2 Å². The van der Waals surface area contributed by atoms with E-state index >= 15 is 0 Å². The van der Waals surface area contributed by atoms with Gasteiger partial charge in [0.2, 0.25) is 5.91 Å². The molecule has 2 aromatic rings. The van der Waals surface area contributed by atoms with Crippen LogP contribution in [0.3, 0.4) is 0 Å². The zero-order valence-corrected chi connectivity index (χ0v) is 16.5. The zero-order chi connectivity index (χ0) is 21.3. The largest absolute Gasteiger partial charge is 0.417 e. The van der Waals surface area contributed by atoms with Crippen molar-refractivity contribution in [3.05, 3.63) is 53.2 Å². The fraction of sp³-hybridized carbons (Fsp3) is 0.455. The molecule has 1 fully saturated rings. The Hall–Kier alpha value is -2.61. The maximum absolute atomic E-state index is 12.8. The van der Waals surface area contributed by atoms with Crippen LogP contribution in [0.2, 0.25) is 0 Å². The molecule has 2 heterocycles. The Kier molecular flexibility index (Phi) is 5.69. The fourth-order valence-electron chi connectivity index (χ4n) is 4.23. The van der Waals surface area contributed by atoms with Crippen LogP contribution in [0, 0.1) is 5.92 Å². The van der Waals surface area contributed by atoms with Gasteiger partial charge in [-0.25, -0.2) is 4.98 Å². The number of aryl methyl sites for hydroxylation is 1. The van der Waals surface area contributed by atoms with Crippen LogP contribution in [0.1, 0.15) is 36.0 Å². The highest BCUT2D eigenvalue weighted by atomic mass is 19.4. The van der Waals surface area contributed by atoms with Crippen molar-refractivity contribution in [2.75, 3.05) is 23.3 Å². The van der Waals surface area contributed by atoms with E-state index in [1.54, 1.807) is 0 Å². The minimum absolute atomic E-state index is 0.0523. The van der Waals surface area contributed by atoms with E-state index in [-0.39, 0.29) is 17.9 Å². The van der Waals surface area contributed by atoms with Crippen molar-refractivity contribution in [1.29, 1.82) is 0 Å². The number of alkyl halides is 3. The smallest absolute Gasteiger partial charge is 0.393 e. The molecule has 1 saturated heterocycles. The summed E-state index contributed by atoms with van der Waals surface area (Å²) in [6.45, 7) is 1.12. The third-order valence-corrected chi connectivity index (χ3v) is 5.98. The Balaban J connectivity index is 1.36. The Morgan fingerprint density at radius 3 is 2.57 bits per heavy atom. The SMILES string of the molecule is O=C(Nc1cccc2c1C[C@H](O)CC2)C1CCN(c2ccc(C(F)(F)F)cn2)CC1. The van der Waals surface area contributed by atoms with Crippen LogP contribution in [0.5, 0.6) is 0 Å². The number of anilines is 2. The van der Waals surface area contributed by atoms with E-state index in [2.05, 4.69) is 10.3 Å². The second-order valence-corrected chi connectivity index (χ2v) is 7.99. The summed E-state index contributed by atoms with van der Waals surface area (Å²) in [5.74, 6) is 0.275. The van der Waals surface area contributed by atoms with Crippen molar-refractivity contribution < 1.29 is 23.1 Å². The molecule has 1 aliphatic heterocycles. The van der Waals surface area contributed by atoms with Crippen molar-refractivity contribution in [1.82, 2.24) is 4.98 Å². The number of halogens is 3. The average Bonchev–Trinajstić information content (AvgIpc) is 2.74. The van der Waals surface area contributed by atoms with Gasteiger partial charge < -0.3 is 15.3 Å². The van der Waals surface area contributed by atoms with Gasteiger partial charge in [-0.3, -0.25) is 4.79 Å². The summed E-state index contributed by atoms with van der Waals surface area (Å²) < 4.78 is 38.1. The first-order valence-electron chi connectivity index (χ1n) is 10.2. The molecule has 4 rings (SSSR count). The van der Waals surface area contributed by atoms with E-state index in [1.807, 2.05) is 23.1 Å². The van der Waals surface area contributed by atoms with Crippen molar-refractivity contribution >= 4 is 17.4 Å². The molecule has 2 N–H and O–H groups in total. The number of fused-ring (bicyclic) bond motifs is 1. The van der Waals surface area contributed by atoms with E-state index < -0.39 is 11.7 Å². The summed E-state index contributed by atoms with van der Waals surface area (Å²) in [7, 11) is 0. The van der Waals surface area contributed by atoms with Crippen LogP contribution in [-0.2, 0) is 23.8 Å². The first kappa shape index (κ1) is 20.7. The number of aromatic nitrogens is 1. The lowest BCUT2D eigenvalue weighted by atomic mass is 9.88. The predicted octanol–water partition coefficient (Wildman–Crippen LogP) is 3.81. The maximum Gasteiger partial charge on any atom is 0.417 e. The number of amides is 1. The number of benzene rings is 1. The number of hydrogen-bond acceptors (Lipinski definition) is 4. The first-order chi connectivity index (χ1) is 14.3. The highest BCUT2D eigenvalue weighted by Gasteiger charge is 2.31. The van der Waals surface area contributed by atoms with Crippen LogP contribution in [0.4, 0.5) is 24.7 Å². The van der Waals surface area contributed by atoms with Gasteiger partial charge in [0.1, 0.15) is 5.82 Å². The van der Waals surface area contributed by atoms with Gasteiger partial charge in [0.15, 0.2) is 0 Å². The molecule has 0 spiro atoms. The highest BCUT2D eigenvalue weighted by Crippen LogP contribution is 2.31. The van der Waals surface area contributed by atoms with Gasteiger partial charge in [0, 0.05) is 37.3 Å². The Morgan fingerprint density at radius 2 is 1.90 bits per heavy atom. The van der Waals surface area contributed by atoms with Gasteiger partial charge in [-0.1, -0.05) is 12.1 Å². The van der Waals surface area contributed by atoms with Crippen molar-refractivity contribution in [3.8, 4) is 0 Å². The fourth-order valence-corrected chi connectivity index (χ4v) is 4.23. The van der Waals surface area contributed by atoms with E-state index in [0.717, 1.165) is 36.4 Å². The number of piperidine rings is 1. The number of aliphatic hydroxyl groups is 1. The molecular formula is C22H24F3N3O2. The first-order valence-corrected chi connectivity index (χ1v) is 10.2. The Morgan fingerprint density at radius 1 is 1.13 bits per heavy atom. The minimum atomic E-state index is -4.40. The molecule has 8 heteroatoms. The van der Waals surface area contributed by atoms with E-state index in [1.165, 1.54) is 11.6 Å². The second-order valence-electron chi connectivity index (χ2n) is 7.99. The monoisotopic (exact) mass is 419 g/mol. The summed E-state index contributed by atoms with van der Waals surface area (Å²) in [6.07, 6.45) is -0.637. The minimum Gasteiger partial charge on any atom is -0.393 e. The van der Waals surface area contributed by atoms with Gasteiger partial charge in [-0.15, -0.1) is 0 Å². The van der Waals surface area contributed by atoms with Crippen molar-refractivity contribution in [2.45, 2.75) is 44.4 Å². The topological polar surface area (TPSA) is 65.5 Å². The number of nitrogens with one attached hydrogen (secondary N) is 1. The zero-order valence-electron chi connectivity index (χ0n) is 16.5. The molecule has 30 heavy (non-hydrogen) atoms. The second kappa shape index (κ2) is 8.26. The molecule has 5 nitrogen and oxygen atoms in total. The quantitative estimate of drug-likeness (QED) is 0.794. The molecular weight excluding hydrogens is 395 g/mol. The summed E-state index contributed by atoms with van der Waals surface area (Å²) in [4.78, 5) is 18.7. The molecule has 1 aromatic heterocycles. The van der Waals surface area contributed by atoms with Crippen LogP contribution in [0.25, 0.3) is 0 Å². The molecule has 1 aliphatic carbocycles. The molecule has 0 unspecified atom stereocenters. The molecule has 0 radical (unpaired) electrons. The summed E-state index contributed by atoms with van der Waals surface area (Å²) in [6, 6.07) is 8.24. The molecule has 1 aromatic carbocycles. The lowest BCUT2D eigenvalue weighted by molar-refractivity contribution is -0.137. The summed E-state index contributed by atoms with van der Waals surface area (Å²) in [5, 5.41) is 13.0. The number of nitrogens with zero attached hydrogens (tertiary/aromatic N) is 2. The predicted molar refractivity (Wildman–Crippen MR) is 107 cm³/mol. The van der Waals surface area contributed by atoms with Crippen LogP contribution < -0.4 is 10.2 Å². The average molecular weight is 419 g/mol. The summed E-state index contributed by atoms with van der Waals surface area (Å²) >= 11 is 0. The Labute approximate surface area is 172 Å². The van der Waals surface area contributed by atoms with Gasteiger partial charge in [-0.05, 0) is 55.0 Å². The molecule has 160 valence electrons. The number of carbonyl (C=O) groups excluding carboxylic acids is 1. The van der Waals surface area contributed by atoms with E-state index in [9.17, 15) is 23.1 Å². The van der Waals surface area contributed by atoms with Gasteiger partial charge in [0.05, 0.1) is 11.7 Å². The van der Waals surface area contributed by atoms with Crippen LogP contribution in [0.15, 0.2) is 36.5 Å². The van der Waals surface area contributed by atoms with Gasteiger partial charge in [0.25, 0.3) is 0 Å². The lowest BCUT2D eigenvalue weighted by Crippen LogP contribution is -2.38. The molecule has 1 atom stereocenters. The molecule has 1 amide bonds. The molecule has 0 bridgehead atoms. The number of pyridine rings is 1. The third-order valence-electron chi connectivity index (χ3n) is 5.98. The number of carbonyl (C=O) groups is 1. The number of hydrogen-bond donors (Lipinski definition) is 2. The Bertz CT molecular complexity index is 907. The normalized spacial score (nSPS) is 20.0. The number of aliphatic hydroxyl groups excluding tert-OH is 1. The molecule has 0 saturated carbocycles. The third kappa shape index (κ3) is 4.43.